The summed E-state index contributed by atoms with van der Waals surface area (Å²) in [6.45, 7) is 1.87. The molecular formula is C7H9N3O. The molecule has 0 spiro atoms. The lowest BCUT2D eigenvalue weighted by Gasteiger charge is -2.00. The number of amidine groups is 1. The highest BCUT2D eigenvalue weighted by Gasteiger charge is 2.24. The van der Waals surface area contributed by atoms with Gasteiger partial charge in [-0.05, 0) is 6.42 Å². The molecule has 0 radical (unpaired) electrons. The summed E-state index contributed by atoms with van der Waals surface area (Å²) in [6.07, 6.45) is 0.664. The Morgan fingerprint density at radius 2 is 2.45 bits per heavy atom. The molecule has 0 aromatic carbocycles. The first kappa shape index (κ1) is 7.61. The molecule has 4 nitrogen and oxygen atoms in total. The standard InChI is InChI=1S/C7H9N3O/c1-2-5-6(11)4(3-8)7(9)10-5/h5,11H,2H2,1H3,(H2,9,10). The molecule has 1 rings (SSSR count). The van der Waals surface area contributed by atoms with E-state index in [1.165, 1.54) is 0 Å². The van der Waals surface area contributed by atoms with Crippen LogP contribution >= 0.6 is 0 Å². The van der Waals surface area contributed by atoms with E-state index < -0.39 is 0 Å². The molecule has 3 N–H and O–H groups in total. The quantitative estimate of drug-likeness (QED) is 0.571. The van der Waals surface area contributed by atoms with E-state index in [4.69, 9.17) is 11.0 Å². The summed E-state index contributed by atoms with van der Waals surface area (Å²) in [5, 5.41) is 17.8. The minimum Gasteiger partial charge on any atom is -0.508 e. The van der Waals surface area contributed by atoms with Crippen molar-refractivity contribution >= 4 is 5.84 Å². The van der Waals surface area contributed by atoms with Gasteiger partial charge in [-0.3, -0.25) is 4.99 Å². The molecule has 1 unspecified atom stereocenters. The number of nitrogens with two attached hydrogens (primary N) is 1. The van der Waals surface area contributed by atoms with Crippen LogP contribution in [0.2, 0.25) is 0 Å². The number of nitrogens with zero attached hydrogens (tertiary/aromatic N) is 2. The van der Waals surface area contributed by atoms with Crippen molar-refractivity contribution in [1.29, 1.82) is 5.26 Å². The summed E-state index contributed by atoms with van der Waals surface area (Å²) in [5.74, 6) is 0.157. The zero-order valence-electron chi connectivity index (χ0n) is 6.20. The Kier molecular flexibility index (Phi) is 1.81. The fourth-order valence-corrected chi connectivity index (χ4v) is 0.991. The molecule has 1 atom stereocenters. The first-order valence-corrected chi connectivity index (χ1v) is 3.37. The van der Waals surface area contributed by atoms with Gasteiger partial charge in [0, 0.05) is 0 Å². The molecule has 0 aromatic rings. The number of aliphatic hydroxyl groups excluding tert-OH is 1. The molecule has 58 valence electrons. The number of aliphatic hydroxyl groups is 1. The van der Waals surface area contributed by atoms with Crippen molar-refractivity contribution in [3.63, 3.8) is 0 Å². The number of nitriles is 1. The second-order valence-electron chi connectivity index (χ2n) is 2.31. The number of hydrogen-bond donors (Lipinski definition) is 2. The molecule has 1 heterocycles. The van der Waals surface area contributed by atoms with E-state index in [0.717, 1.165) is 0 Å². The van der Waals surface area contributed by atoms with Crippen LogP contribution in [0.4, 0.5) is 0 Å². The van der Waals surface area contributed by atoms with Gasteiger partial charge in [-0.2, -0.15) is 5.26 Å². The van der Waals surface area contributed by atoms with Gasteiger partial charge in [-0.15, -0.1) is 0 Å². The van der Waals surface area contributed by atoms with Crippen LogP contribution in [-0.2, 0) is 0 Å². The Balaban J connectivity index is 3.01. The van der Waals surface area contributed by atoms with Crippen molar-refractivity contribution in [2.75, 3.05) is 0 Å². The van der Waals surface area contributed by atoms with Crippen LogP contribution in [0, 0.1) is 11.3 Å². The van der Waals surface area contributed by atoms with E-state index in [0.29, 0.717) is 6.42 Å². The number of rotatable bonds is 1. The molecule has 0 aromatic heterocycles. The van der Waals surface area contributed by atoms with Crippen molar-refractivity contribution in [2.45, 2.75) is 19.4 Å². The SMILES string of the molecule is CCC1N=C(N)C(C#N)=C1O. The average Bonchev–Trinajstić information content (AvgIpc) is 2.26. The maximum absolute atomic E-state index is 9.28. The lowest BCUT2D eigenvalue weighted by Crippen LogP contribution is -2.11. The van der Waals surface area contributed by atoms with E-state index >= 15 is 0 Å². The van der Waals surface area contributed by atoms with Crippen molar-refractivity contribution in [3.05, 3.63) is 11.3 Å². The van der Waals surface area contributed by atoms with Gasteiger partial charge < -0.3 is 10.8 Å². The third-order valence-electron chi connectivity index (χ3n) is 1.62. The van der Waals surface area contributed by atoms with Gasteiger partial charge in [0.1, 0.15) is 29.3 Å². The van der Waals surface area contributed by atoms with Gasteiger partial charge in [-0.1, -0.05) is 6.92 Å². The van der Waals surface area contributed by atoms with Gasteiger partial charge in [0.05, 0.1) is 0 Å². The molecule has 0 saturated carbocycles. The second kappa shape index (κ2) is 2.62. The topological polar surface area (TPSA) is 82.4 Å². The highest BCUT2D eigenvalue weighted by Crippen LogP contribution is 2.19. The molecule has 0 aliphatic carbocycles. The van der Waals surface area contributed by atoms with Crippen LogP contribution in [-0.4, -0.2) is 17.0 Å². The monoisotopic (exact) mass is 151 g/mol. The Morgan fingerprint density at radius 1 is 1.82 bits per heavy atom. The normalized spacial score (nSPS) is 23.3. The molecule has 11 heavy (non-hydrogen) atoms. The molecule has 1 aliphatic rings. The highest BCUT2D eigenvalue weighted by atomic mass is 16.3. The molecule has 1 aliphatic heterocycles. The zero-order valence-corrected chi connectivity index (χ0v) is 6.20. The number of aliphatic imine (C=N–C) groups is 1. The van der Waals surface area contributed by atoms with Gasteiger partial charge in [0.25, 0.3) is 0 Å². The maximum Gasteiger partial charge on any atom is 0.140 e. The smallest absolute Gasteiger partial charge is 0.140 e. The van der Waals surface area contributed by atoms with E-state index in [-0.39, 0.29) is 23.2 Å². The van der Waals surface area contributed by atoms with E-state index in [2.05, 4.69) is 4.99 Å². The van der Waals surface area contributed by atoms with Crippen molar-refractivity contribution in [1.82, 2.24) is 0 Å². The van der Waals surface area contributed by atoms with Crippen molar-refractivity contribution in [2.24, 2.45) is 10.7 Å². The predicted molar refractivity (Wildman–Crippen MR) is 41.0 cm³/mol. The fourth-order valence-electron chi connectivity index (χ4n) is 0.991. The summed E-state index contributed by atoms with van der Waals surface area (Å²) in [4.78, 5) is 3.89. The van der Waals surface area contributed by atoms with Crippen LogP contribution in [0.3, 0.4) is 0 Å². The lowest BCUT2D eigenvalue weighted by atomic mass is 10.1. The first-order valence-electron chi connectivity index (χ1n) is 3.37. The second-order valence-corrected chi connectivity index (χ2v) is 2.31. The van der Waals surface area contributed by atoms with Gasteiger partial charge >= 0.3 is 0 Å². The summed E-state index contributed by atoms with van der Waals surface area (Å²) in [6, 6.07) is 1.50. The minimum absolute atomic E-state index is 0.00694. The Morgan fingerprint density at radius 3 is 2.73 bits per heavy atom. The third-order valence-corrected chi connectivity index (χ3v) is 1.62. The minimum atomic E-state index is -0.301. The third kappa shape index (κ3) is 1.05. The Hall–Kier alpha value is -1.50. The van der Waals surface area contributed by atoms with Crippen LogP contribution in [0.15, 0.2) is 16.3 Å². The molecule has 0 bridgehead atoms. The Labute approximate surface area is 64.7 Å². The maximum atomic E-state index is 9.28. The molecular weight excluding hydrogens is 142 g/mol. The van der Waals surface area contributed by atoms with Gasteiger partial charge in [0.2, 0.25) is 0 Å². The summed E-state index contributed by atoms with van der Waals surface area (Å²) in [5.41, 5.74) is 5.48. The van der Waals surface area contributed by atoms with Crippen molar-refractivity contribution < 1.29 is 5.11 Å². The van der Waals surface area contributed by atoms with E-state index in [1.807, 2.05) is 6.92 Å². The average molecular weight is 151 g/mol. The predicted octanol–water partition coefficient (Wildman–Crippen LogP) is 0.471. The highest BCUT2D eigenvalue weighted by molar-refractivity contribution is 6.03. The van der Waals surface area contributed by atoms with Crippen LogP contribution in [0.1, 0.15) is 13.3 Å². The Bertz CT molecular complexity index is 272. The largest absolute Gasteiger partial charge is 0.508 e. The lowest BCUT2D eigenvalue weighted by molar-refractivity contribution is 0.367. The molecule has 0 saturated heterocycles. The molecule has 0 amide bonds. The van der Waals surface area contributed by atoms with Gasteiger partial charge in [-0.25, -0.2) is 0 Å². The van der Waals surface area contributed by atoms with Crippen LogP contribution < -0.4 is 5.73 Å². The van der Waals surface area contributed by atoms with Crippen LogP contribution in [0.25, 0.3) is 0 Å². The first-order chi connectivity index (χ1) is 5.20. The van der Waals surface area contributed by atoms with Gasteiger partial charge in [0.15, 0.2) is 0 Å². The summed E-state index contributed by atoms with van der Waals surface area (Å²) < 4.78 is 0. The van der Waals surface area contributed by atoms with Crippen LogP contribution in [0.5, 0.6) is 0 Å². The molecule has 4 heteroatoms. The summed E-state index contributed by atoms with van der Waals surface area (Å²) in [7, 11) is 0. The van der Waals surface area contributed by atoms with E-state index in [1.54, 1.807) is 6.07 Å². The van der Waals surface area contributed by atoms with Crippen molar-refractivity contribution in [3.8, 4) is 6.07 Å². The zero-order chi connectivity index (χ0) is 8.43. The fraction of sp³-hybridized carbons (Fsp3) is 0.429. The number of hydrogen-bond acceptors (Lipinski definition) is 4. The molecule has 0 fully saturated rings. The summed E-state index contributed by atoms with van der Waals surface area (Å²) >= 11 is 0. The van der Waals surface area contributed by atoms with E-state index in [9.17, 15) is 5.11 Å².